The predicted octanol–water partition coefficient (Wildman–Crippen LogP) is 0.662. The van der Waals surface area contributed by atoms with E-state index in [0.717, 1.165) is 43.4 Å². The zero-order valence-corrected chi connectivity index (χ0v) is 19.9. The molecule has 2 atom stereocenters. The Morgan fingerprint density at radius 3 is 2.62 bits per heavy atom. The molecule has 182 valence electrons. The van der Waals surface area contributed by atoms with Gasteiger partial charge >= 0.3 is 0 Å². The Morgan fingerprint density at radius 1 is 1.15 bits per heavy atom. The van der Waals surface area contributed by atoms with E-state index in [0.29, 0.717) is 24.9 Å². The lowest BCUT2D eigenvalue weighted by Gasteiger charge is -2.42. The number of carboxylic acid groups (broad SMARTS) is 1. The summed E-state index contributed by atoms with van der Waals surface area (Å²) in [5, 5.41) is 15.0. The molecule has 1 fully saturated rings. The Hall–Kier alpha value is -3.31. The first kappa shape index (κ1) is 23.8. The van der Waals surface area contributed by atoms with Crippen molar-refractivity contribution in [2.45, 2.75) is 38.5 Å². The molecule has 0 aliphatic carbocycles. The SMILES string of the molecule is CN(Cc1ccc2n(c1=O)C[C@H]1C[C@@H]2CN(Cc2nccn2C)C1)Cc1nncn1C.O=CO. The fourth-order valence-corrected chi connectivity index (χ4v) is 5.13. The van der Waals surface area contributed by atoms with Crippen LogP contribution in [0, 0.1) is 5.92 Å². The van der Waals surface area contributed by atoms with Crippen molar-refractivity contribution in [3.63, 3.8) is 0 Å². The highest BCUT2D eigenvalue weighted by Crippen LogP contribution is 2.35. The summed E-state index contributed by atoms with van der Waals surface area (Å²) in [6, 6.07) is 4.21. The lowest BCUT2D eigenvalue weighted by molar-refractivity contribution is -0.122. The number of aromatic nitrogens is 6. The third kappa shape index (κ3) is 5.10. The number of hydrogen-bond donors (Lipinski definition) is 1. The predicted molar refractivity (Wildman–Crippen MR) is 125 cm³/mol. The molecule has 34 heavy (non-hydrogen) atoms. The minimum atomic E-state index is -0.250. The highest BCUT2D eigenvalue weighted by molar-refractivity contribution is 5.32. The van der Waals surface area contributed by atoms with Gasteiger partial charge in [-0.2, -0.15) is 0 Å². The van der Waals surface area contributed by atoms with E-state index in [4.69, 9.17) is 9.90 Å². The summed E-state index contributed by atoms with van der Waals surface area (Å²) in [5.41, 5.74) is 2.19. The van der Waals surface area contributed by atoms with Crippen molar-refractivity contribution in [3.8, 4) is 0 Å². The van der Waals surface area contributed by atoms with Gasteiger partial charge in [0.05, 0.1) is 13.1 Å². The number of hydrogen-bond acceptors (Lipinski definition) is 7. The van der Waals surface area contributed by atoms with E-state index >= 15 is 0 Å². The van der Waals surface area contributed by atoms with Gasteiger partial charge in [-0.3, -0.25) is 19.4 Å². The van der Waals surface area contributed by atoms with Crippen LogP contribution in [0.4, 0.5) is 0 Å². The summed E-state index contributed by atoms with van der Waals surface area (Å²) in [6.07, 6.45) is 6.73. The van der Waals surface area contributed by atoms with Crippen molar-refractivity contribution in [1.29, 1.82) is 0 Å². The molecular weight excluding hydrogens is 436 g/mol. The third-order valence-corrected chi connectivity index (χ3v) is 6.70. The maximum atomic E-state index is 13.3. The van der Waals surface area contributed by atoms with Gasteiger partial charge in [-0.05, 0) is 25.5 Å². The summed E-state index contributed by atoms with van der Waals surface area (Å²) in [6.45, 7) is 4.69. The molecule has 5 heterocycles. The van der Waals surface area contributed by atoms with Gasteiger partial charge < -0.3 is 18.8 Å². The average Bonchev–Trinajstić information content (AvgIpc) is 3.38. The van der Waals surface area contributed by atoms with Crippen molar-refractivity contribution in [2.75, 3.05) is 20.1 Å². The van der Waals surface area contributed by atoms with Gasteiger partial charge in [-0.15, -0.1) is 10.2 Å². The zero-order chi connectivity index (χ0) is 24.2. The molecule has 0 radical (unpaired) electrons. The van der Waals surface area contributed by atoms with E-state index in [-0.39, 0.29) is 12.0 Å². The van der Waals surface area contributed by atoms with Gasteiger partial charge in [-0.25, -0.2) is 4.98 Å². The van der Waals surface area contributed by atoms with Crippen molar-refractivity contribution in [2.24, 2.45) is 20.0 Å². The number of rotatable bonds is 6. The Balaban J connectivity index is 0.000000868. The molecule has 11 heteroatoms. The highest BCUT2D eigenvalue weighted by Gasteiger charge is 2.35. The standard InChI is InChI=1S/C22H30N8O.CH2O2/c1-26(13-21-25-24-15-28(21)3)11-17-4-5-19-18-8-16(10-30(19)22(17)31)9-29(12-18)14-20-23-6-7-27(20)2;2-1-3/h4-7,15-16,18H,8-14H2,1-3H3;1H,(H,2,3)/t16-,18+;/m0./s1. The lowest BCUT2D eigenvalue weighted by atomic mass is 9.83. The van der Waals surface area contributed by atoms with Crippen LogP contribution in [-0.4, -0.2) is 70.4 Å². The van der Waals surface area contributed by atoms with Gasteiger partial charge in [0.15, 0.2) is 0 Å². The molecule has 2 bridgehead atoms. The largest absolute Gasteiger partial charge is 0.483 e. The molecule has 3 aromatic heterocycles. The van der Waals surface area contributed by atoms with Crippen LogP contribution >= 0.6 is 0 Å². The molecule has 1 saturated heterocycles. The molecule has 2 aliphatic rings. The first-order valence-corrected chi connectivity index (χ1v) is 11.4. The van der Waals surface area contributed by atoms with Gasteiger partial charge in [-0.1, -0.05) is 6.07 Å². The number of fused-ring (bicyclic) bond motifs is 4. The smallest absolute Gasteiger partial charge is 0.290 e. The van der Waals surface area contributed by atoms with Crippen LogP contribution in [0.15, 0.2) is 35.6 Å². The van der Waals surface area contributed by atoms with Gasteiger partial charge in [0.25, 0.3) is 12.0 Å². The molecule has 0 saturated carbocycles. The number of imidazole rings is 1. The average molecular weight is 469 g/mol. The van der Waals surface area contributed by atoms with E-state index in [2.05, 4.69) is 35.6 Å². The minimum Gasteiger partial charge on any atom is -0.483 e. The van der Waals surface area contributed by atoms with E-state index in [1.54, 1.807) is 6.33 Å². The quantitative estimate of drug-likeness (QED) is 0.525. The van der Waals surface area contributed by atoms with E-state index in [1.165, 1.54) is 12.1 Å². The monoisotopic (exact) mass is 468 g/mol. The number of nitrogens with zero attached hydrogens (tertiary/aromatic N) is 8. The first-order chi connectivity index (χ1) is 16.4. The molecular formula is C23H32N8O3. The lowest BCUT2D eigenvalue weighted by Crippen LogP contribution is -2.47. The van der Waals surface area contributed by atoms with E-state index in [9.17, 15) is 4.79 Å². The second-order valence-electron chi connectivity index (χ2n) is 9.28. The molecule has 11 nitrogen and oxygen atoms in total. The molecule has 1 N–H and O–H groups in total. The molecule has 0 spiro atoms. The van der Waals surface area contributed by atoms with Crippen molar-refractivity contribution >= 4 is 6.47 Å². The fourth-order valence-electron chi connectivity index (χ4n) is 5.13. The Kier molecular flexibility index (Phi) is 7.23. The number of pyridine rings is 1. The molecule has 0 amide bonds. The summed E-state index contributed by atoms with van der Waals surface area (Å²) in [4.78, 5) is 30.8. The molecule has 0 unspecified atom stereocenters. The van der Waals surface area contributed by atoms with Gasteiger partial charge in [0.1, 0.15) is 18.0 Å². The first-order valence-electron chi connectivity index (χ1n) is 11.4. The summed E-state index contributed by atoms with van der Waals surface area (Å²) in [7, 11) is 6.00. The van der Waals surface area contributed by atoms with Gasteiger partial charge in [0, 0.05) is 69.8 Å². The Bertz CT molecular complexity index is 1180. The van der Waals surface area contributed by atoms with Crippen LogP contribution in [0.1, 0.15) is 35.2 Å². The normalized spacial score (nSPS) is 19.4. The number of likely N-dealkylation sites (tertiary alicyclic amines) is 1. The summed E-state index contributed by atoms with van der Waals surface area (Å²) < 4.78 is 6.04. The summed E-state index contributed by atoms with van der Waals surface area (Å²) in [5.74, 6) is 2.91. The topological polar surface area (TPSA) is 114 Å². The molecule has 5 rings (SSSR count). The van der Waals surface area contributed by atoms with Crippen molar-refractivity contribution < 1.29 is 9.90 Å². The molecule has 3 aromatic rings. The van der Waals surface area contributed by atoms with Crippen LogP contribution in [0.25, 0.3) is 0 Å². The van der Waals surface area contributed by atoms with Gasteiger partial charge in [0.2, 0.25) is 0 Å². The number of piperidine rings is 1. The van der Waals surface area contributed by atoms with Crippen molar-refractivity contribution in [3.05, 3.63) is 64.1 Å². The maximum Gasteiger partial charge on any atom is 0.290 e. The van der Waals surface area contributed by atoms with Crippen LogP contribution in [0.2, 0.25) is 0 Å². The van der Waals surface area contributed by atoms with E-state index < -0.39 is 0 Å². The second-order valence-corrected chi connectivity index (χ2v) is 9.28. The molecule has 0 aromatic carbocycles. The second kappa shape index (κ2) is 10.3. The fraction of sp³-hybridized carbons (Fsp3) is 0.522. The number of carbonyl (C=O) groups is 1. The highest BCUT2D eigenvalue weighted by atomic mass is 16.3. The van der Waals surface area contributed by atoms with E-state index in [1.807, 2.05) is 48.7 Å². The Morgan fingerprint density at radius 2 is 1.94 bits per heavy atom. The van der Waals surface area contributed by atoms with Crippen LogP contribution in [0.3, 0.4) is 0 Å². The van der Waals surface area contributed by atoms with Crippen LogP contribution in [-0.2, 0) is 45.1 Å². The molecule has 2 aliphatic heterocycles. The van der Waals surface area contributed by atoms with Crippen LogP contribution < -0.4 is 5.56 Å². The maximum absolute atomic E-state index is 13.3. The number of aryl methyl sites for hydroxylation is 2. The third-order valence-electron chi connectivity index (χ3n) is 6.70. The summed E-state index contributed by atoms with van der Waals surface area (Å²) >= 11 is 0. The zero-order valence-electron chi connectivity index (χ0n) is 19.9. The van der Waals surface area contributed by atoms with Crippen molar-refractivity contribution in [1.82, 2.24) is 38.7 Å². The van der Waals surface area contributed by atoms with Crippen LogP contribution in [0.5, 0.6) is 0 Å². The minimum absolute atomic E-state index is 0.162. The Labute approximate surface area is 198 Å².